The van der Waals surface area contributed by atoms with E-state index in [1.807, 2.05) is 30.3 Å². The Morgan fingerprint density at radius 1 is 1.24 bits per heavy atom. The lowest BCUT2D eigenvalue weighted by Gasteiger charge is -2.38. The molecule has 2 nitrogen and oxygen atoms in total. The highest BCUT2D eigenvalue weighted by Gasteiger charge is 2.32. The van der Waals surface area contributed by atoms with Crippen molar-refractivity contribution >= 4 is 5.78 Å². The fourth-order valence-corrected chi connectivity index (χ4v) is 3.64. The molecule has 0 radical (unpaired) electrons. The first kappa shape index (κ1) is 16.2. The Morgan fingerprint density at radius 3 is 2.62 bits per heavy atom. The second kappa shape index (κ2) is 7.22. The molecule has 0 heterocycles. The minimum Gasteiger partial charge on any atom is -0.378 e. The third-order valence-electron chi connectivity index (χ3n) is 4.34. The van der Waals surface area contributed by atoms with Gasteiger partial charge in [-0.15, -0.1) is 0 Å². The number of ether oxygens (including phenoxy) is 1. The molecule has 116 valence electrons. The van der Waals surface area contributed by atoms with E-state index in [0.717, 1.165) is 30.7 Å². The molecule has 1 fully saturated rings. The zero-order valence-electron chi connectivity index (χ0n) is 13.6. The van der Waals surface area contributed by atoms with Gasteiger partial charge in [-0.25, -0.2) is 0 Å². The number of carbonyl (C=O) groups is 1. The SMILES string of the molecule is CC1CC(OCCCC(=O)c2ccccc2)CC(C)(C)C1. The van der Waals surface area contributed by atoms with E-state index in [2.05, 4.69) is 20.8 Å². The third kappa shape index (κ3) is 5.28. The highest BCUT2D eigenvalue weighted by atomic mass is 16.5. The van der Waals surface area contributed by atoms with E-state index in [-0.39, 0.29) is 5.78 Å². The van der Waals surface area contributed by atoms with E-state index in [4.69, 9.17) is 4.74 Å². The van der Waals surface area contributed by atoms with Crippen molar-refractivity contribution in [2.24, 2.45) is 11.3 Å². The van der Waals surface area contributed by atoms with Crippen molar-refractivity contribution in [3.63, 3.8) is 0 Å². The van der Waals surface area contributed by atoms with Crippen LogP contribution in [0.1, 0.15) is 63.2 Å². The molecule has 0 N–H and O–H groups in total. The number of Topliss-reactive ketones (excluding diaryl/α,β-unsaturated/α-hetero) is 1. The van der Waals surface area contributed by atoms with Crippen LogP contribution in [0.25, 0.3) is 0 Å². The van der Waals surface area contributed by atoms with Crippen LogP contribution in [0, 0.1) is 11.3 Å². The lowest BCUT2D eigenvalue weighted by molar-refractivity contribution is -0.0236. The average molecular weight is 288 g/mol. The summed E-state index contributed by atoms with van der Waals surface area (Å²) < 4.78 is 6.02. The van der Waals surface area contributed by atoms with Crippen LogP contribution >= 0.6 is 0 Å². The van der Waals surface area contributed by atoms with Gasteiger partial charge in [0.05, 0.1) is 6.10 Å². The van der Waals surface area contributed by atoms with E-state index in [0.29, 0.717) is 24.5 Å². The van der Waals surface area contributed by atoms with Gasteiger partial charge in [0.2, 0.25) is 0 Å². The van der Waals surface area contributed by atoms with Gasteiger partial charge in [-0.2, -0.15) is 0 Å². The lowest BCUT2D eigenvalue weighted by atomic mass is 9.71. The Hall–Kier alpha value is -1.15. The highest BCUT2D eigenvalue weighted by molar-refractivity contribution is 5.95. The zero-order valence-corrected chi connectivity index (χ0v) is 13.6. The van der Waals surface area contributed by atoms with Crippen LogP contribution in [-0.2, 0) is 4.74 Å². The highest BCUT2D eigenvalue weighted by Crippen LogP contribution is 2.39. The van der Waals surface area contributed by atoms with Gasteiger partial charge < -0.3 is 4.74 Å². The molecule has 0 spiro atoms. The molecule has 1 aromatic carbocycles. The number of carbonyl (C=O) groups excluding carboxylic acids is 1. The van der Waals surface area contributed by atoms with Crippen LogP contribution in [0.4, 0.5) is 0 Å². The standard InChI is InChI=1S/C19H28O2/c1-15-12-17(14-19(2,3)13-15)21-11-7-10-18(20)16-8-5-4-6-9-16/h4-6,8-9,15,17H,7,10-14H2,1-3H3. The smallest absolute Gasteiger partial charge is 0.162 e. The maximum atomic E-state index is 12.0. The Morgan fingerprint density at radius 2 is 1.95 bits per heavy atom. The molecule has 1 aromatic rings. The first-order chi connectivity index (χ1) is 9.96. The van der Waals surface area contributed by atoms with Crippen molar-refractivity contribution in [2.75, 3.05) is 6.61 Å². The van der Waals surface area contributed by atoms with Gasteiger partial charge in [-0.1, -0.05) is 51.1 Å². The fourth-order valence-electron chi connectivity index (χ4n) is 3.64. The summed E-state index contributed by atoms with van der Waals surface area (Å²) in [7, 11) is 0. The van der Waals surface area contributed by atoms with Crippen LogP contribution in [0.5, 0.6) is 0 Å². The van der Waals surface area contributed by atoms with Crippen molar-refractivity contribution in [3.8, 4) is 0 Å². The molecular formula is C19H28O2. The molecule has 2 heteroatoms. The van der Waals surface area contributed by atoms with Crippen molar-refractivity contribution in [1.29, 1.82) is 0 Å². The molecule has 0 aromatic heterocycles. The summed E-state index contributed by atoms with van der Waals surface area (Å²) in [4.78, 5) is 12.0. The minimum atomic E-state index is 0.219. The fraction of sp³-hybridized carbons (Fsp3) is 0.632. The summed E-state index contributed by atoms with van der Waals surface area (Å²) >= 11 is 0. The van der Waals surface area contributed by atoms with Gasteiger partial charge in [0.1, 0.15) is 0 Å². The quantitative estimate of drug-likeness (QED) is 0.551. The summed E-state index contributed by atoms with van der Waals surface area (Å²) in [6.45, 7) is 7.68. The van der Waals surface area contributed by atoms with E-state index in [9.17, 15) is 4.79 Å². The molecule has 0 saturated heterocycles. The molecule has 2 rings (SSSR count). The maximum absolute atomic E-state index is 12.0. The third-order valence-corrected chi connectivity index (χ3v) is 4.34. The summed E-state index contributed by atoms with van der Waals surface area (Å²) in [5.41, 5.74) is 1.20. The van der Waals surface area contributed by atoms with Gasteiger partial charge in [0.15, 0.2) is 5.78 Å². The van der Waals surface area contributed by atoms with Gasteiger partial charge >= 0.3 is 0 Å². The van der Waals surface area contributed by atoms with Crippen molar-refractivity contribution in [3.05, 3.63) is 35.9 Å². The molecule has 0 bridgehead atoms. The zero-order chi connectivity index (χ0) is 15.3. The van der Waals surface area contributed by atoms with E-state index >= 15 is 0 Å². The van der Waals surface area contributed by atoms with Gasteiger partial charge in [0, 0.05) is 18.6 Å². The van der Waals surface area contributed by atoms with Crippen LogP contribution < -0.4 is 0 Å². The second-order valence-electron chi connectivity index (χ2n) is 7.30. The van der Waals surface area contributed by atoms with E-state index in [1.54, 1.807) is 0 Å². The first-order valence-corrected chi connectivity index (χ1v) is 8.16. The molecular weight excluding hydrogens is 260 g/mol. The van der Waals surface area contributed by atoms with Crippen LogP contribution in [-0.4, -0.2) is 18.5 Å². The van der Waals surface area contributed by atoms with Crippen molar-refractivity contribution in [1.82, 2.24) is 0 Å². The van der Waals surface area contributed by atoms with Crippen LogP contribution in [0.15, 0.2) is 30.3 Å². The molecule has 0 aliphatic heterocycles. The number of rotatable bonds is 6. The monoisotopic (exact) mass is 288 g/mol. The Kier molecular flexibility index (Phi) is 5.58. The summed E-state index contributed by atoms with van der Waals surface area (Å²) in [5, 5.41) is 0. The molecule has 1 aliphatic rings. The number of hydrogen-bond donors (Lipinski definition) is 0. The Labute approximate surface area is 128 Å². The van der Waals surface area contributed by atoms with Crippen LogP contribution in [0.3, 0.4) is 0 Å². The first-order valence-electron chi connectivity index (χ1n) is 8.16. The van der Waals surface area contributed by atoms with E-state index < -0.39 is 0 Å². The predicted molar refractivity (Wildman–Crippen MR) is 86.5 cm³/mol. The number of benzene rings is 1. The largest absolute Gasteiger partial charge is 0.378 e. The van der Waals surface area contributed by atoms with Gasteiger partial charge in [-0.05, 0) is 37.0 Å². The molecule has 2 unspecified atom stereocenters. The second-order valence-corrected chi connectivity index (χ2v) is 7.30. The van der Waals surface area contributed by atoms with Crippen LogP contribution in [0.2, 0.25) is 0 Å². The molecule has 1 saturated carbocycles. The minimum absolute atomic E-state index is 0.219. The molecule has 0 amide bonds. The summed E-state index contributed by atoms with van der Waals surface area (Å²) in [6, 6.07) is 9.53. The average Bonchev–Trinajstić information content (AvgIpc) is 2.42. The Balaban J connectivity index is 1.69. The molecule has 21 heavy (non-hydrogen) atoms. The predicted octanol–water partition coefficient (Wildman–Crippen LogP) is 4.88. The normalized spacial score (nSPS) is 24.7. The number of hydrogen-bond acceptors (Lipinski definition) is 2. The molecule has 2 atom stereocenters. The van der Waals surface area contributed by atoms with Crippen molar-refractivity contribution in [2.45, 2.75) is 59.0 Å². The van der Waals surface area contributed by atoms with E-state index in [1.165, 1.54) is 6.42 Å². The summed E-state index contributed by atoms with van der Waals surface area (Å²) in [6.07, 6.45) is 5.37. The Bertz CT molecular complexity index is 450. The van der Waals surface area contributed by atoms with Crippen molar-refractivity contribution < 1.29 is 9.53 Å². The van der Waals surface area contributed by atoms with Gasteiger partial charge in [-0.3, -0.25) is 4.79 Å². The number of ketones is 1. The molecule has 1 aliphatic carbocycles. The lowest BCUT2D eigenvalue weighted by Crippen LogP contribution is -2.32. The van der Waals surface area contributed by atoms with Gasteiger partial charge in [0.25, 0.3) is 0 Å². The summed E-state index contributed by atoms with van der Waals surface area (Å²) in [5.74, 6) is 0.959. The topological polar surface area (TPSA) is 26.3 Å². The maximum Gasteiger partial charge on any atom is 0.162 e.